The van der Waals surface area contributed by atoms with Gasteiger partial charge in [0, 0.05) is 12.7 Å². The minimum absolute atomic E-state index is 0.0334. The summed E-state index contributed by atoms with van der Waals surface area (Å²) in [5.41, 5.74) is 0.681. The van der Waals surface area contributed by atoms with Crippen LogP contribution in [0.25, 0.3) is 11.5 Å². The normalized spacial score (nSPS) is 19.3. The quantitative estimate of drug-likeness (QED) is 0.876. The van der Waals surface area contributed by atoms with Gasteiger partial charge in [-0.2, -0.15) is 4.98 Å². The molecule has 19 heavy (non-hydrogen) atoms. The summed E-state index contributed by atoms with van der Waals surface area (Å²) in [4.78, 5) is 8.48. The Bertz CT molecular complexity index is 551. The molecule has 1 fully saturated rings. The second-order valence-corrected chi connectivity index (χ2v) is 4.10. The minimum atomic E-state index is -0.0334. The number of hydrogen-bond acceptors (Lipinski definition) is 7. The summed E-state index contributed by atoms with van der Waals surface area (Å²) in [5.74, 6) is 1.44. The Morgan fingerprint density at radius 1 is 1.47 bits per heavy atom. The number of aromatic nitrogens is 3. The van der Waals surface area contributed by atoms with Gasteiger partial charge >= 0.3 is 0 Å². The Morgan fingerprint density at radius 2 is 2.42 bits per heavy atom. The summed E-state index contributed by atoms with van der Waals surface area (Å²) < 4.78 is 15.8. The van der Waals surface area contributed by atoms with Crippen molar-refractivity contribution in [2.24, 2.45) is 0 Å². The number of hydrogen-bond donors (Lipinski definition) is 1. The van der Waals surface area contributed by atoms with Crippen LogP contribution in [0.3, 0.4) is 0 Å². The van der Waals surface area contributed by atoms with E-state index in [-0.39, 0.29) is 6.04 Å². The second kappa shape index (κ2) is 5.33. The molecule has 1 atom stereocenters. The molecule has 0 radical (unpaired) electrons. The molecule has 2 aromatic heterocycles. The second-order valence-electron chi connectivity index (χ2n) is 4.10. The smallest absolute Gasteiger partial charge is 0.263 e. The van der Waals surface area contributed by atoms with E-state index in [1.807, 2.05) is 6.07 Å². The van der Waals surface area contributed by atoms with Gasteiger partial charge in [0.2, 0.25) is 5.88 Å². The van der Waals surface area contributed by atoms with Gasteiger partial charge in [-0.15, -0.1) is 0 Å². The predicted octanol–water partition coefficient (Wildman–Crippen LogP) is 0.801. The van der Waals surface area contributed by atoms with E-state index in [0.717, 1.165) is 6.54 Å². The van der Waals surface area contributed by atoms with E-state index in [1.165, 1.54) is 0 Å². The van der Waals surface area contributed by atoms with Crippen LogP contribution in [-0.4, -0.2) is 42.0 Å². The van der Waals surface area contributed by atoms with Crippen LogP contribution in [0, 0.1) is 0 Å². The third-order valence-electron chi connectivity index (χ3n) is 2.87. The highest BCUT2D eigenvalue weighted by Gasteiger charge is 2.22. The molecule has 7 heteroatoms. The van der Waals surface area contributed by atoms with Gasteiger partial charge in [-0.1, -0.05) is 5.16 Å². The Balaban J connectivity index is 1.88. The Labute approximate surface area is 109 Å². The van der Waals surface area contributed by atoms with E-state index < -0.39 is 0 Å². The molecule has 0 amide bonds. The van der Waals surface area contributed by atoms with E-state index in [4.69, 9.17) is 14.0 Å². The van der Waals surface area contributed by atoms with Crippen LogP contribution in [0.5, 0.6) is 5.88 Å². The zero-order chi connectivity index (χ0) is 13.1. The van der Waals surface area contributed by atoms with Gasteiger partial charge in [0.1, 0.15) is 5.56 Å². The predicted molar refractivity (Wildman–Crippen MR) is 65.6 cm³/mol. The first kappa shape index (κ1) is 12.1. The number of methoxy groups -OCH3 is 1. The number of rotatable bonds is 3. The Hall–Kier alpha value is -1.99. The van der Waals surface area contributed by atoms with E-state index in [1.54, 1.807) is 19.4 Å². The first-order valence-corrected chi connectivity index (χ1v) is 6.02. The highest BCUT2D eigenvalue weighted by molar-refractivity contribution is 5.59. The fourth-order valence-corrected chi connectivity index (χ4v) is 1.93. The maximum Gasteiger partial charge on any atom is 0.263 e. The molecule has 0 aromatic carbocycles. The molecule has 0 saturated carbocycles. The van der Waals surface area contributed by atoms with Crippen molar-refractivity contribution in [3.63, 3.8) is 0 Å². The van der Waals surface area contributed by atoms with Crippen molar-refractivity contribution in [2.75, 3.05) is 26.9 Å². The van der Waals surface area contributed by atoms with Gasteiger partial charge in [-0.25, -0.2) is 4.98 Å². The molecule has 100 valence electrons. The molecule has 2 aromatic rings. The summed E-state index contributed by atoms with van der Waals surface area (Å²) in [6.07, 6.45) is 1.65. The molecule has 1 saturated heterocycles. The summed E-state index contributed by atoms with van der Waals surface area (Å²) >= 11 is 0. The molecule has 1 aliphatic heterocycles. The molecule has 3 heterocycles. The van der Waals surface area contributed by atoms with Gasteiger partial charge < -0.3 is 19.3 Å². The highest BCUT2D eigenvalue weighted by atomic mass is 16.5. The molecule has 7 nitrogen and oxygen atoms in total. The van der Waals surface area contributed by atoms with Crippen molar-refractivity contribution in [1.29, 1.82) is 0 Å². The van der Waals surface area contributed by atoms with Crippen LogP contribution in [-0.2, 0) is 4.74 Å². The Morgan fingerprint density at radius 3 is 3.21 bits per heavy atom. The fraction of sp³-hybridized carbons (Fsp3) is 0.417. The summed E-state index contributed by atoms with van der Waals surface area (Å²) in [7, 11) is 1.56. The van der Waals surface area contributed by atoms with Crippen molar-refractivity contribution < 1.29 is 14.0 Å². The van der Waals surface area contributed by atoms with Gasteiger partial charge in [-0.3, -0.25) is 0 Å². The maximum atomic E-state index is 5.38. The summed E-state index contributed by atoms with van der Waals surface area (Å²) in [5, 5.41) is 7.25. The van der Waals surface area contributed by atoms with Crippen LogP contribution in [0.1, 0.15) is 11.9 Å². The standard InChI is InChI=1S/C12H14N4O3/c1-17-11-8(3-2-4-14-11)12-15-10(16-19-12)9-7-18-6-5-13-9/h2-4,9,13H,5-7H2,1H3. The van der Waals surface area contributed by atoms with Crippen molar-refractivity contribution >= 4 is 0 Å². The molecule has 3 rings (SSSR count). The number of pyridine rings is 1. The van der Waals surface area contributed by atoms with Crippen LogP contribution in [0.15, 0.2) is 22.9 Å². The van der Waals surface area contributed by atoms with Crippen molar-refractivity contribution in [3.8, 4) is 17.3 Å². The lowest BCUT2D eigenvalue weighted by Gasteiger charge is -2.20. The third-order valence-corrected chi connectivity index (χ3v) is 2.87. The average molecular weight is 262 g/mol. The van der Waals surface area contributed by atoms with Crippen molar-refractivity contribution in [3.05, 3.63) is 24.2 Å². The number of ether oxygens (including phenoxy) is 2. The SMILES string of the molecule is COc1ncccc1-c1nc(C2COCCN2)no1. The van der Waals surface area contributed by atoms with Gasteiger partial charge in [0.15, 0.2) is 5.82 Å². The van der Waals surface area contributed by atoms with Crippen LogP contribution in [0.2, 0.25) is 0 Å². The van der Waals surface area contributed by atoms with Gasteiger partial charge in [0.05, 0.1) is 26.4 Å². The molecule has 1 unspecified atom stereocenters. The largest absolute Gasteiger partial charge is 0.480 e. The van der Waals surface area contributed by atoms with Crippen LogP contribution in [0.4, 0.5) is 0 Å². The zero-order valence-electron chi connectivity index (χ0n) is 10.5. The van der Waals surface area contributed by atoms with Crippen molar-refractivity contribution in [1.82, 2.24) is 20.4 Å². The first-order valence-electron chi connectivity index (χ1n) is 6.02. The molecule has 1 N–H and O–H groups in total. The van der Waals surface area contributed by atoms with Gasteiger partial charge in [0.25, 0.3) is 5.89 Å². The van der Waals surface area contributed by atoms with Crippen LogP contribution < -0.4 is 10.1 Å². The third kappa shape index (κ3) is 2.42. The molecular formula is C12H14N4O3. The lowest BCUT2D eigenvalue weighted by molar-refractivity contribution is 0.0734. The zero-order valence-corrected chi connectivity index (χ0v) is 10.5. The lowest BCUT2D eigenvalue weighted by atomic mass is 10.2. The first-order chi connectivity index (χ1) is 9.38. The van der Waals surface area contributed by atoms with Crippen molar-refractivity contribution in [2.45, 2.75) is 6.04 Å². The maximum absolute atomic E-state index is 5.38. The van der Waals surface area contributed by atoms with E-state index in [9.17, 15) is 0 Å². The number of morpholine rings is 1. The average Bonchev–Trinajstić information content (AvgIpc) is 2.98. The molecule has 0 aliphatic carbocycles. The Kier molecular flexibility index (Phi) is 3.39. The highest BCUT2D eigenvalue weighted by Crippen LogP contribution is 2.26. The molecule has 0 spiro atoms. The van der Waals surface area contributed by atoms with E-state index in [0.29, 0.717) is 36.4 Å². The van der Waals surface area contributed by atoms with E-state index >= 15 is 0 Å². The van der Waals surface area contributed by atoms with Crippen LogP contribution >= 0.6 is 0 Å². The minimum Gasteiger partial charge on any atom is -0.480 e. The number of nitrogens with zero attached hydrogens (tertiary/aromatic N) is 3. The monoisotopic (exact) mass is 262 g/mol. The summed E-state index contributed by atoms with van der Waals surface area (Å²) in [6.45, 7) is 2.03. The molecular weight excluding hydrogens is 248 g/mol. The topological polar surface area (TPSA) is 82.3 Å². The van der Waals surface area contributed by atoms with E-state index in [2.05, 4.69) is 20.4 Å². The number of nitrogens with one attached hydrogen (secondary N) is 1. The fourth-order valence-electron chi connectivity index (χ4n) is 1.93. The summed E-state index contributed by atoms with van der Waals surface area (Å²) in [6, 6.07) is 3.59. The lowest BCUT2D eigenvalue weighted by Crippen LogP contribution is -2.35. The molecule has 1 aliphatic rings. The molecule has 0 bridgehead atoms. The van der Waals surface area contributed by atoms with Gasteiger partial charge in [-0.05, 0) is 12.1 Å².